The van der Waals surface area contributed by atoms with E-state index in [1.54, 1.807) is 6.92 Å². The number of carbonyl (C=O) groups is 1. The molecule has 1 aromatic rings. The molecule has 1 aromatic carbocycles. The van der Waals surface area contributed by atoms with Crippen molar-refractivity contribution in [3.8, 4) is 0 Å². The van der Waals surface area contributed by atoms with Gasteiger partial charge in [-0.3, -0.25) is 4.79 Å². The Morgan fingerprint density at radius 2 is 2.06 bits per heavy atom. The fourth-order valence-corrected chi connectivity index (χ4v) is 1.23. The lowest BCUT2D eigenvalue weighted by Crippen LogP contribution is -2.26. The molecule has 4 N–H and O–H groups in total. The monoisotopic (exact) mass is 217 g/mol. The van der Waals surface area contributed by atoms with Crippen LogP contribution in [0.2, 0.25) is 0 Å². The van der Waals surface area contributed by atoms with E-state index >= 15 is 0 Å². The number of amides is 1. The van der Waals surface area contributed by atoms with Crippen LogP contribution in [0.25, 0.3) is 0 Å². The predicted molar refractivity (Wildman–Crippen MR) is 64.0 cm³/mol. The highest BCUT2D eigenvalue weighted by molar-refractivity contribution is 6.11. The predicted octanol–water partition coefficient (Wildman–Crippen LogP) is 1.19. The van der Waals surface area contributed by atoms with Crippen LogP contribution in [0.1, 0.15) is 12.5 Å². The number of hydrogen-bond donors (Lipinski definition) is 3. The Morgan fingerprint density at radius 3 is 2.56 bits per heavy atom. The lowest BCUT2D eigenvalue weighted by molar-refractivity contribution is -0.117. The summed E-state index contributed by atoms with van der Waals surface area (Å²) in [6.07, 6.45) is 0.968. The zero-order valence-corrected chi connectivity index (χ0v) is 9.16. The van der Waals surface area contributed by atoms with Crippen LogP contribution in [-0.2, 0) is 11.3 Å². The minimum Gasteiger partial charge on any atom is -0.402 e. The number of allylic oxidation sites excluding steroid dienone is 1. The van der Waals surface area contributed by atoms with Gasteiger partial charge in [0.05, 0.1) is 5.57 Å². The van der Waals surface area contributed by atoms with E-state index in [0.29, 0.717) is 12.2 Å². The summed E-state index contributed by atoms with van der Waals surface area (Å²) >= 11 is 0. The van der Waals surface area contributed by atoms with E-state index in [9.17, 15) is 4.79 Å². The molecule has 4 heteroatoms. The van der Waals surface area contributed by atoms with E-state index in [1.807, 2.05) is 30.3 Å². The molecule has 0 heterocycles. The first-order valence-corrected chi connectivity index (χ1v) is 4.94. The summed E-state index contributed by atoms with van der Waals surface area (Å²) in [6, 6.07) is 9.57. The van der Waals surface area contributed by atoms with Crippen molar-refractivity contribution in [2.75, 3.05) is 0 Å². The molecule has 0 aliphatic carbocycles. The zero-order chi connectivity index (χ0) is 12.0. The number of carbonyl (C=O) groups excluding carboxylic acids is 1. The van der Waals surface area contributed by atoms with Gasteiger partial charge in [-0.25, -0.2) is 0 Å². The maximum absolute atomic E-state index is 11.6. The molecule has 0 spiro atoms. The third kappa shape index (κ3) is 3.24. The summed E-state index contributed by atoms with van der Waals surface area (Å²) in [5, 5.41) is 9.78. The van der Waals surface area contributed by atoms with E-state index in [1.165, 1.54) is 0 Å². The largest absolute Gasteiger partial charge is 0.402 e. The SMILES string of the molecule is C/C(N)=C(/C=N)C(=O)NCc1ccccc1. The summed E-state index contributed by atoms with van der Waals surface area (Å²) in [5.41, 5.74) is 7.05. The fraction of sp³-hybridized carbons (Fsp3) is 0.167. The lowest BCUT2D eigenvalue weighted by atomic mass is 10.2. The Bertz CT molecular complexity index is 406. The second kappa shape index (κ2) is 5.70. The molecule has 1 rings (SSSR count). The molecular weight excluding hydrogens is 202 g/mol. The van der Waals surface area contributed by atoms with Gasteiger partial charge in [0.15, 0.2) is 0 Å². The summed E-state index contributed by atoms with van der Waals surface area (Å²) in [7, 11) is 0. The average molecular weight is 217 g/mol. The van der Waals surface area contributed by atoms with Crippen LogP contribution in [0, 0.1) is 5.41 Å². The summed E-state index contributed by atoms with van der Waals surface area (Å²) in [4.78, 5) is 11.6. The van der Waals surface area contributed by atoms with Crippen LogP contribution < -0.4 is 11.1 Å². The second-order valence-electron chi connectivity index (χ2n) is 3.41. The standard InChI is InChI=1S/C12H15N3O/c1-9(14)11(7-13)12(16)15-8-10-5-3-2-4-6-10/h2-7,13H,8,14H2,1H3,(H,15,16)/b11-9+,13-7?. The number of rotatable bonds is 4. The third-order valence-corrected chi connectivity index (χ3v) is 2.11. The van der Waals surface area contributed by atoms with Crippen LogP contribution >= 0.6 is 0 Å². The van der Waals surface area contributed by atoms with Crippen molar-refractivity contribution in [2.45, 2.75) is 13.5 Å². The van der Waals surface area contributed by atoms with E-state index in [2.05, 4.69) is 5.32 Å². The summed E-state index contributed by atoms with van der Waals surface area (Å²) < 4.78 is 0. The first-order chi connectivity index (χ1) is 7.65. The van der Waals surface area contributed by atoms with Gasteiger partial charge in [0, 0.05) is 18.5 Å². The van der Waals surface area contributed by atoms with Gasteiger partial charge in [-0.2, -0.15) is 0 Å². The van der Waals surface area contributed by atoms with E-state index in [0.717, 1.165) is 11.8 Å². The fourth-order valence-electron chi connectivity index (χ4n) is 1.23. The van der Waals surface area contributed by atoms with Crippen molar-refractivity contribution in [3.63, 3.8) is 0 Å². The molecule has 0 fully saturated rings. The highest BCUT2D eigenvalue weighted by Gasteiger charge is 2.08. The minimum atomic E-state index is -0.321. The molecule has 0 aliphatic rings. The van der Waals surface area contributed by atoms with Gasteiger partial charge in [-0.15, -0.1) is 0 Å². The Balaban J connectivity index is 2.60. The van der Waals surface area contributed by atoms with Crippen molar-refractivity contribution in [3.05, 3.63) is 47.2 Å². The number of nitrogens with two attached hydrogens (primary N) is 1. The Labute approximate surface area is 94.7 Å². The van der Waals surface area contributed by atoms with Gasteiger partial charge < -0.3 is 16.5 Å². The zero-order valence-electron chi connectivity index (χ0n) is 9.16. The van der Waals surface area contributed by atoms with Crippen LogP contribution in [0.5, 0.6) is 0 Å². The maximum atomic E-state index is 11.6. The Kier molecular flexibility index (Phi) is 4.27. The van der Waals surface area contributed by atoms with Gasteiger partial charge in [-0.1, -0.05) is 30.3 Å². The highest BCUT2D eigenvalue weighted by atomic mass is 16.1. The van der Waals surface area contributed by atoms with Gasteiger partial charge in [0.1, 0.15) is 0 Å². The molecular formula is C12H15N3O. The molecule has 0 saturated heterocycles. The van der Waals surface area contributed by atoms with E-state index in [-0.39, 0.29) is 11.5 Å². The van der Waals surface area contributed by atoms with Crippen LogP contribution in [0.3, 0.4) is 0 Å². The number of benzene rings is 1. The molecule has 0 atom stereocenters. The quantitative estimate of drug-likeness (QED) is 0.523. The lowest BCUT2D eigenvalue weighted by Gasteiger charge is -2.06. The minimum absolute atomic E-state index is 0.205. The van der Waals surface area contributed by atoms with Gasteiger partial charge >= 0.3 is 0 Å². The van der Waals surface area contributed by atoms with Crippen molar-refractivity contribution in [2.24, 2.45) is 5.73 Å². The van der Waals surface area contributed by atoms with Crippen LogP contribution in [0.15, 0.2) is 41.6 Å². The first kappa shape index (κ1) is 12.0. The molecule has 84 valence electrons. The third-order valence-electron chi connectivity index (χ3n) is 2.11. The molecule has 1 amide bonds. The molecule has 0 aliphatic heterocycles. The van der Waals surface area contributed by atoms with Crippen LogP contribution in [0.4, 0.5) is 0 Å². The van der Waals surface area contributed by atoms with Crippen molar-refractivity contribution < 1.29 is 4.79 Å². The topological polar surface area (TPSA) is 79.0 Å². The van der Waals surface area contributed by atoms with Crippen molar-refractivity contribution in [1.29, 1.82) is 5.41 Å². The highest BCUT2D eigenvalue weighted by Crippen LogP contribution is 1.99. The van der Waals surface area contributed by atoms with Gasteiger partial charge in [0.2, 0.25) is 0 Å². The Morgan fingerprint density at radius 1 is 1.44 bits per heavy atom. The molecule has 4 nitrogen and oxygen atoms in total. The van der Waals surface area contributed by atoms with Gasteiger partial charge in [-0.05, 0) is 12.5 Å². The Hall–Kier alpha value is -2.10. The number of hydrogen-bond acceptors (Lipinski definition) is 3. The number of nitrogens with one attached hydrogen (secondary N) is 2. The molecule has 0 bridgehead atoms. The molecule has 0 saturated carbocycles. The van der Waals surface area contributed by atoms with E-state index < -0.39 is 0 Å². The molecule has 0 radical (unpaired) electrons. The summed E-state index contributed by atoms with van der Waals surface area (Å²) in [5.74, 6) is -0.321. The van der Waals surface area contributed by atoms with Crippen molar-refractivity contribution >= 4 is 12.1 Å². The molecule has 0 aromatic heterocycles. The van der Waals surface area contributed by atoms with Gasteiger partial charge in [0.25, 0.3) is 5.91 Å². The smallest absolute Gasteiger partial charge is 0.254 e. The average Bonchev–Trinajstić information content (AvgIpc) is 2.28. The maximum Gasteiger partial charge on any atom is 0.254 e. The van der Waals surface area contributed by atoms with Crippen molar-refractivity contribution in [1.82, 2.24) is 5.32 Å². The second-order valence-corrected chi connectivity index (χ2v) is 3.41. The first-order valence-electron chi connectivity index (χ1n) is 4.94. The molecule has 16 heavy (non-hydrogen) atoms. The van der Waals surface area contributed by atoms with E-state index in [4.69, 9.17) is 11.1 Å². The summed E-state index contributed by atoms with van der Waals surface area (Å²) in [6.45, 7) is 2.03. The molecule has 0 unspecified atom stereocenters. The van der Waals surface area contributed by atoms with Crippen LogP contribution in [-0.4, -0.2) is 12.1 Å². The normalized spacial score (nSPS) is 11.6.